The molecule has 0 atom stereocenters. The third-order valence-corrected chi connectivity index (χ3v) is 6.47. The minimum atomic E-state index is -1.26. The number of carboxylic acid groups (broad SMARTS) is 1. The second kappa shape index (κ2) is 10.2. The van der Waals surface area contributed by atoms with Gasteiger partial charge in [-0.25, -0.2) is 0 Å². The lowest BCUT2D eigenvalue weighted by molar-refractivity contribution is -0.307. The Kier molecular flexibility index (Phi) is 6.95. The molecule has 0 amide bonds. The van der Waals surface area contributed by atoms with Gasteiger partial charge in [-0.3, -0.25) is 0 Å². The van der Waals surface area contributed by atoms with Gasteiger partial charge in [0.05, 0.1) is 17.5 Å². The average Bonchev–Trinajstić information content (AvgIpc) is 3.22. The minimum absolute atomic E-state index is 0.299. The van der Waals surface area contributed by atoms with Crippen molar-refractivity contribution in [1.82, 2.24) is 0 Å². The first kappa shape index (κ1) is 21.1. The van der Waals surface area contributed by atoms with Gasteiger partial charge in [0.2, 0.25) is 0 Å². The lowest BCUT2D eigenvalue weighted by Gasteiger charge is -2.17. The number of aryl methyl sites for hydroxylation is 1. The molecule has 0 N–H and O–H groups in total. The number of thioether (sulfide) groups is 1. The molecule has 0 aliphatic carbocycles. The summed E-state index contributed by atoms with van der Waals surface area (Å²) in [6, 6.07) is 26.7. The van der Waals surface area contributed by atoms with Gasteiger partial charge in [0.15, 0.2) is 11.3 Å². The van der Waals surface area contributed by atoms with Crippen molar-refractivity contribution in [3.63, 3.8) is 0 Å². The molecule has 3 aromatic carbocycles. The minimum Gasteiger partial charge on any atom is -0.546 e. The zero-order valence-corrected chi connectivity index (χ0v) is 17.8. The highest BCUT2D eigenvalue weighted by Gasteiger charge is 2.15. The number of carboxylic acids is 1. The van der Waals surface area contributed by atoms with Crippen molar-refractivity contribution >= 4 is 28.7 Å². The number of carbonyl (C=O) groups is 1. The molecular weight excluding hydrogens is 408 g/mol. The Bertz CT molecular complexity index is 1080. The van der Waals surface area contributed by atoms with Crippen LogP contribution in [0.15, 0.2) is 89.5 Å². The van der Waals surface area contributed by atoms with E-state index in [2.05, 4.69) is 48.5 Å². The number of rotatable bonds is 10. The number of benzene rings is 3. The molecule has 4 nitrogen and oxygen atoms in total. The molecule has 0 saturated carbocycles. The van der Waals surface area contributed by atoms with Crippen LogP contribution in [0.3, 0.4) is 0 Å². The van der Waals surface area contributed by atoms with E-state index in [1.165, 1.54) is 11.1 Å². The van der Waals surface area contributed by atoms with Crippen LogP contribution in [-0.2, 0) is 11.2 Å². The van der Waals surface area contributed by atoms with E-state index in [9.17, 15) is 9.90 Å². The third-order valence-electron chi connectivity index (χ3n) is 5.07. The van der Waals surface area contributed by atoms with Gasteiger partial charge in [-0.1, -0.05) is 72.8 Å². The van der Waals surface area contributed by atoms with E-state index >= 15 is 0 Å². The predicted molar refractivity (Wildman–Crippen MR) is 122 cm³/mol. The van der Waals surface area contributed by atoms with Gasteiger partial charge in [0, 0.05) is 5.39 Å². The molecule has 0 aliphatic rings. The summed E-state index contributed by atoms with van der Waals surface area (Å²) in [6.07, 6.45) is 3.62. The fourth-order valence-electron chi connectivity index (χ4n) is 3.63. The van der Waals surface area contributed by atoms with E-state index in [1.807, 2.05) is 36.0 Å². The van der Waals surface area contributed by atoms with E-state index < -0.39 is 12.6 Å². The van der Waals surface area contributed by atoms with E-state index in [-0.39, 0.29) is 0 Å². The smallest absolute Gasteiger partial charge is 0.175 e. The summed E-state index contributed by atoms with van der Waals surface area (Å²) in [6.45, 7) is -0.494. The van der Waals surface area contributed by atoms with Crippen molar-refractivity contribution in [1.29, 1.82) is 0 Å². The summed E-state index contributed by atoms with van der Waals surface area (Å²) in [7, 11) is 0. The van der Waals surface area contributed by atoms with Gasteiger partial charge in [0.25, 0.3) is 0 Å². The molecule has 4 aromatic rings. The number of hydrogen-bond acceptors (Lipinski definition) is 5. The van der Waals surface area contributed by atoms with Crippen molar-refractivity contribution < 1.29 is 19.1 Å². The lowest BCUT2D eigenvalue weighted by atomic mass is 10.0. The molecule has 158 valence electrons. The second-order valence-corrected chi connectivity index (χ2v) is 8.44. The molecule has 31 heavy (non-hydrogen) atoms. The zero-order chi connectivity index (χ0) is 21.5. The fraction of sp³-hybridized carbons (Fsp3) is 0.192. The van der Waals surface area contributed by atoms with Gasteiger partial charge in [-0.15, -0.1) is 11.8 Å². The normalized spacial score (nSPS) is 11.1. The highest BCUT2D eigenvalue weighted by atomic mass is 32.2. The van der Waals surface area contributed by atoms with Crippen molar-refractivity contribution in [3.05, 3.63) is 102 Å². The zero-order valence-electron chi connectivity index (χ0n) is 17.0. The van der Waals surface area contributed by atoms with E-state index in [4.69, 9.17) is 9.15 Å². The van der Waals surface area contributed by atoms with Crippen LogP contribution in [0.1, 0.15) is 28.4 Å². The first-order valence-electron chi connectivity index (χ1n) is 10.3. The summed E-state index contributed by atoms with van der Waals surface area (Å²) >= 11 is 1.94. The molecular formula is C26H23O4S-. The first-order chi connectivity index (χ1) is 15.2. The van der Waals surface area contributed by atoms with Crippen molar-refractivity contribution in [2.24, 2.45) is 0 Å². The van der Waals surface area contributed by atoms with Gasteiger partial charge >= 0.3 is 0 Å². The van der Waals surface area contributed by atoms with E-state index in [0.717, 1.165) is 29.5 Å². The largest absolute Gasteiger partial charge is 0.546 e. The number of carbonyl (C=O) groups excluding carboxylic acids is 1. The van der Waals surface area contributed by atoms with Crippen LogP contribution in [0.25, 0.3) is 11.0 Å². The van der Waals surface area contributed by atoms with Crippen LogP contribution in [-0.4, -0.2) is 18.3 Å². The maximum absolute atomic E-state index is 10.7. The predicted octanol–water partition coefficient (Wildman–Crippen LogP) is 5.02. The first-order valence-corrected chi connectivity index (χ1v) is 11.3. The molecule has 1 heterocycles. The lowest BCUT2D eigenvalue weighted by Crippen LogP contribution is -2.28. The maximum atomic E-state index is 10.7. The molecule has 0 bridgehead atoms. The molecule has 0 radical (unpaired) electrons. The molecule has 0 aliphatic heterocycles. The van der Waals surface area contributed by atoms with Crippen LogP contribution < -0.4 is 9.84 Å². The Morgan fingerprint density at radius 1 is 0.935 bits per heavy atom. The standard InChI is InChI=1S/C26H24O4S/c27-24(28)18-29-23-15-7-14-22-21(17-30-25(22)23)13-8-16-31-26(19-9-3-1-4-10-19)20-11-5-2-6-12-20/h1-7,9-12,14-15,17,26H,8,13,16,18H2,(H,27,28)/p-1. The molecule has 4 rings (SSSR count). The van der Waals surface area contributed by atoms with E-state index in [1.54, 1.807) is 12.3 Å². The number of para-hydroxylation sites is 1. The van der Waals surface area contributed by atoms with Gasteiger partial charge in [-0.05, 0) is 41.4 Å². The second-order valence-electron chi connectivity index (χ2n) is 7.23. The quantitative estimate of drug-likeness (QED) is 0.330. The van der Waals surface area contributed by atoms with Gasteiger partial charge < -0.3 is 19.1 Å². The van der Waals surface area contributed by atoms with Crippen molar-refractivity contribution in [2.75, 3.05) is 12.4 Å². The van der Waals surface area contributed by atoms with Gasteiger partial charge in [0.1, 0.15) is 6.61 Å². The summed E-state index contributed by atoms with van der Waals surface area (Å²) < 4.78 is 11.0. The number of hydrogen-bond donors (Lipinski definition) is 0. The number of aliphatic carboxylic acids is 1. The number of ether oxygens (including phenoxy) is 1. The summed E-state index contributed by atoms with van der Waals surface area (Å²) in [5.74, 6) is 0.171. The summed E-state index contributed by atoms with van der Waals surface area (Å²) in [4.78, 5) is 10.7. The Morgan fingerprint density at radius 3 is 2.26 bits per heavy atom. The molecule has 1 aromatic heterocycles. The van der Waals surface area contributed by atoms with Crippen molar-refractivity contribution in [3.8, 4) is 5.75 Å². The monoisotopic (exact) mass is 431 g/mol. The molecule has 0 saturated heterocycles. The molecule has 5 heteroatoms. The number of furan rings is 1. The van der Waals surface area contributed by atoms with E-state index in [0.29, 0.717) is 16.6 Å². The average molecular weight is 432 g/mol. The highest BCUT2D eigenvalue weighted by molar-refractivity contribution is 7.99. The fourth-order valence-corrected chi connectivity index (χ4v) is 4.88. The topological polar surface area (TPSA) is 62.5 Å². The van der Waals surface area contributed by atoms with Crippen molar-refractivity contribution in [2.45, 2.75) is 18.1 Å². The SMILES string of the molecule is O=C([O-])COc1cccc2c(CCCSC(c3ccccc3)c3ccccc3)coc12. The summed E-state index contributed by atoms with van der Waals surface area (Å²) in [5.41, 5.74) is 4.30. The Morgan fingerprint density at radius 2 is 1.61 bits per heavy atom. The molecule has 0 unspecified atom stereocenters. The van der Waals surface area contributed by atoms with Crippen LogP contribution in [0.4, 0.5) is 0 Å². The highest BCUT2D eigenvalue weighted by Crippen LogP contribution is 2.36. The number of fused-ring (bicyclic) bond motifs is 1. The molecule has 0 spiro atoms. The third kappa shape index (κ3) is 5.30. The van der Waals surface area contributed by atoms with Gasteiger partial charge in [-0.2, -0.15) is 0 Å². The Hall–Kier alpha value is -3.18. The van der Waals surface area contributed by atoms with Crippen LogP contribution in [0.2, 0.25) is 0 Å². The Balaban J connectivity index is 1.41. The summed E-state index contributed by atoms with van der Waals surface area (Å²) in [5, 5.41) is 11.9. The Labute approximate surface area is 185 Å². The van der Waals surface area contributed by atoms with Crippen LogP contribution in [0, 0.1) is 0 Å². The molecule has 0 fully saturated rings. The van der Waals surface area contributed by atoms with Crippen LogP contribution in [0.5, 0.6) is 5.75 Å². The maximum Gasteiger partial charge on any atom is 0.175 e. The van der Waals surface area contributed by atoms with Crippen LogP contribution >= 0.6 is 11.8 Å².